The molecule has 0 radical (unpaired) electrons. The molecule has 0 amide bonds. The summed E-state index contributed by atoms with van der Waals surface area (Å²) in [4.78, 5) is 0.299. The van der Waals surface area contributed by atoms with Crippen molar-refractivity contribution in [1.82, 2.24) is 4.72 Å². The minimum absolute atomic E-state index is 0.0992. The predicted molar refractivity (Wildman–Crippen MR) is 70.7 cm³/mol. The lowest BCUT2D eigenvalue weighted by atomic mass is 10.3. The minimum Gasteiger partial charge on any atom is -0.385 e. The summed E-state index contributed by atoms with van der Waals surface area (Å²) in [6.45, 7) is 6.57. The molecular formula is C12H20N2O2S. The Hall–Kier alpha value is -1.07. The van der Waals surface area contributed by atoms with E-state index < -0.39 is 10.0 Å². The zero-order valence-corrected chi connectivity index (χ0v) is 11.3. The highest BCUT2D eigenvalue weighted by atomic mass is 32.2. The average Bonchev–Trinajstić information content (AvgIpc) is 2.25. The Balaban J connectivity index is 2.80. The van der Waals surface area contributed by atoms with Crippen molar-refractivity contribution in [2.75, 3.05) is 11.9 Å². The van der Waals surface area contributed by atoms with Crippen molar-refractivity contribution in [3.63, 3.8) is 0 Å². The normalized spacial score (nSPS) is 11.8. The quantitative estimate of drug-likeness (QED) is 0.820. The highest BCUT2D eigenvalue weighted by molar-refractivity contribution is 7.89. The lowest BCUT2D eigenvalue weighted by molar-refractivity contribution is 0.570. The fraction of sp³-hybridized carbons (Fsp3) is 0.500. The molecule has 0 unspecified atom stereocenters. The summed E-state index contributed by atoms with van der Waals surface area (Å²) < 4.78 is 26.2. The van der Waals surface area contributed by atoms with Crippen molar-refractivity contribution in [1.29, 1.82) is 0 Å². The zero-order chi connectivity index (χ0) is 12.9. The zero-order valence-electron chi connectivity index (χ0n) is 10.5. The number of nitrogens with one attached hydrogen (secondary N) is 2. The van der Waals surface area contributed by atoms with Crippen molar-refractivity contribution >= 4 is 15.7 Å². The maximum absolute atomic E-state index is 11.8. The molecule has 0 saturated heterocycles. The van der Waals surface area contributed by atoms with Gasteiger partial charge in [0.25, 0.3) is 0 Å². The van der Waals surface area contributed by atoms with Crippen LogP contribution in [0.2, 0.25) is 0 Å². The molecule has 0 atom stereocenters. The molecule has 17 heavy (non-hydrogen) atoms. The largest absolute Gasteiger partial charge is 0.385 e. The average molecular weight is 256 g/mol. The van der Waals surface area contributed by atoms with Crippen molar-refractivity contribution in [3.05, 3.63) is 24.3 Å². The molecule has 96 valence electrons. The molecule has 0 spiro atoms. The van der Waals surface area contributed by atoms with Crippen LogP contribution in [0.1, 0.15) is 27.2 Å². The second kappa shape index (κ2) is 6.02. The number of anilines is 1. The summed E-state index contributed by atoms with van der Waals surface area (Å²) in [5, 5.41) is 3.20. The van der Waals surface area contributed by atoms with E-state index in [1.54, 1.807) is 38.1 Å². The fourth-order valence-corrected chi connectivity index (χ4v) is 2.65. The smallest absolute Gasteiger partial charge is 0.240 e. The van der Waals surface area contributed by atoms with E-state index in [0.717, 1.165) is 18.7 Å². The summed E-state index contributed by atoms with van der Waals surface area (Å²) in [6, 6.07) is 6.69. The Labute approximate surface area is 103 Å². The molecule has 0 bridgehead atoms. The Morgan fingerprint density at radius 2 is 1.76 bits per heavy atom. The Morgan fingerprint density at radius 3 is 2.24 bits per heavy atom. The number of rotatable bonds is 6. The van der Waals surface area contributed by atoms with Crippen molar-refractivity contribution < 1.29 is 8.42 Å². The number of benzene rings is 1. The predicted octanol–water partition coefficient (Wildman–Crippen LogP) is 2.20. The summed E-state index contributed by atoms with van der Waals surface area (Å²) in [7, 11) is -3.37. The van der Waals surface area contributed by atoms with Crippen LogP contribution >= 0.6 is 0 Å². The van der Waals surface area contributed by atoms with Crippen LogP contribution in [0.4, 0.5) is 5.69 Å². The number of hydrogen-bond acceptors (Lipinski definition) is 3. The van der Waals surface area contributed by atoms with Gasteiger partial charge in [0.05, 0.1) is 4.90 Å². The lowest BCUT2D eigenvalue weighted by Gasteiger charge is -2.10. The van der Waals surface area contributed by atoms with E-state index in [0.29, 0.717) is 4.90 Å². The first-order chi connectivity index (χ1) is 7.95. The molecule has 0 aliphatic rings. The third-order valence-corrected chi connectivity index (χ3v) is 3.81. The van der Waals surface area contributed by atoms with Crippen LogP contribution in [0.15, 0.2) is 29.2 Å². The van der Waals surface area contributed by atoms with Crippen LogP contribution in [-0.2, 0) is 10.0 Å². The van der Waals surface area contributed by atoms with Gasteiger partial charge in [-0.25, -0.2) is 13.1 Å². The van der Waals surface area contributed by atoms with Gasteiger partial charge in [-0.1, -0.05) is 6.92 Å². The topological polar surface area (TPSA) is 58.2 Å². The lowest BCUT2D eigenvalue weighted by Crippen LogP contribution is -2.30. The van der Waals surface area contributed by atoms with E-state index in [2.05, 4.69) is 17.0 Å². The summed E-state index contributed by atoms with van der Waals surface area (Å²) in [5.74, 6) is 0. The third-order valence-electron chi connectivity index (χ3n) is 2.13. The molecule has 5 heteroatoms. The van der Waals surface area contributed by atoms with Gasteiger partial charge in [-0.3, -0.25) is 0 Å². The van der Waals surface area contributed by atoms with E-state index in [-0.39, 0.29) is 6.04 Å². The Bertz CT molecular complexity index is 438. The fourth-order valence-electron chi connectivity index (χ4n) is 1.40. The molecule has 1 aromatic carbocycles. The molecule has 0 aliphatic carbocycles. The molecule has 1 aromatic rings. The molecule has 0 fully saturated rings. The first-order valence-electron chi connectivity index (χ1n) is 5.82. The second-order valence-corrected chi connectivity index (χ2v) is 5.94. The summed E-state index contributed by atoms with van der Waals surface area (Å²) in [6.07, 6.45) is 1.04. The van der Waals surface area contributed by atoms with Gasteiger partial charge < -0.3 is 5.32 Å². The van der Waals surface area contributed by atoms with Gasteiger partial charge in [-0.2, -0.15) is 0 Å². The molecule has 4 nitrogen and oxygen atoms in total. The Morgan fingerprint density at radius 1 is 1.18 bits per heavy atom. The van der Waals surface area contributed by atoms with Crippen LogP contribution in [-0.4, -0.2) is 21.0 Å². The van der Waals surface area contributed by atoms with Gasteiger partial charge in [-0.05, 0) is 44.5 Å². The Kier molecular flexibility index (Phi) is 4.96. The monoisotopic (exact) mass is 256 g/mol. The SMILES string of the molecule is CCCNc1ccc(S(=O)(=O)NC(C)C)cc1. The van der Waals surface area contributed by atoms with E-state index in [1.807, 2.05) is 0 Å². The standard InChI is InChI=1S/C12H20N2O2S/c1-4-9-13-11-5-7-12(8-6-11)17(15,16)14-10(2)3/h5-8,10,13-14H,4,9H2,1-3H3. The molecular weight excluding hydrogens is 236 g/mol. The summed E-state index contributed by atoms with van der Waals surface area (Å²) in [5.41, 5.74) is 0.940. The molecule has 0 aliphatic heterocycles. The first kappa shape index (κ1) is 14.0. The van der Waals surface area contributed by atoms with Crippen molar-refractivity contribution in [3.8, 4) is 0 Å². The van der Waals surface area contributed by atoms with Crippen molar-refractivity contribution in [2.45, 2.75) is 38.1 Å². The van der Waals surface area contributed by atoms with Gasteiger partial charge in [0.2, 0.25) is 10.0 Å². The highest BCUT2D eigenvalue weighted by Crippen LogP contribution is 2.14. The minimum atomic E-state index is -3.37. The van der Waals surface area contributed by atoms with Crippen molar-refractivity contribution in [2.24, 2.45) is 0 Å². The maximum atomic E-state index is 11.8. The third kappa shape index (κ3) is 4.36. The van der Waals surface area contributed by atoms with Crippen LogP contribution in [0, 0.1) is 0 Å². The first-order valence-corrected chi connectivity index (χ1v) is 7.30. The van der Waals surface area contributed by atoms with Crippen LogP contribution in [0.3, 0.4) is 0 Å². The van der Waals surface area contributed by atoms with E-state index >= 15 is 0 Å². The van der Waals surface area contributed by atoms with E-state index in [1.165, 1.54) is 0 Å². The van der Waals surface area contributed by atoms with Crippen LogP contribution in [0.5, 0.6) is 0 Å². The molecule has 0 aromatic heterocycles. The second-order valence-electron chi connectivity index (χ2n) is 4.23. The van der Waals surface area contributed by atoms with Gasteiger partial charge in [0.15, 0.2) is 0 Å². The van der Waals surface area contributed by atoms with E-state index in [4.69, 9.17) is 0 Å². The van der Waals surface area contributed by atoms with Gasteiger partial charge >= 0.3 is 0 Å². The van der Waals surface area contributed by atoms with Crippen LogP contribution in [0.25, 0.3) is 0 Å². The number of sulfonamides is 1. The number of hydrogen-bond donors (Lipinski definition) is 2. The van der Waals surface area contributed by atoms with Gasteiger partial charge in [-0.15, -0.1) is 0 Å². The molecule has 2 N–H and O–H groups in total. The molecule has 0 saturated carbocycles. The maximum Gasteiger partial charge on any atom is 0.240 e. The highest BCUT2D eigenvalue weighted by Gasteiger charge is 2.14. The molecule has 0 heterocycles. The van der Waals surface area contributed by atoms with E-state index in [9.17, 15) is 8.42 Å². The van der Waals surface area contributed by atoms with Gasteiger partial charge in [0.1, 0.15) is 0 Å². The van der Waals surface area contributed by atoms with Crippen LogP contribution < -0.4 is 10.0 Å². The molecule has 1 rings (SSSR count). The summed E-state index contributed by atoms with van der Waals surface area (Å²) >= 11 is 0. The van der Waals surface area contributed by atoms with Gasteiger partial charge in [0, 0.05) is 18.3 Å².